The Morgan fingerprint density at radius 1 is 1.47 bits per heavy atom. The molecule has 0 saturated carbocycles. The van der Waals surface area contributed by atoms with E-state index in [1.165, 1.54) is 12.1 Å². The molecule has 0 aliphatic carbocycles. The fourth-order valence-corrected chi connectivity index (χ4v) is 1.19. The summed E-state index contributed by atoms with van der Waals surface area (Å²) in [6.45, 7) is 2.19. The summed E-state index contributed by atoms with van der Waals surface area (Å²) in [6.07, 6.45) is 0. The van der Waals surface area contributed by atoms with E-state index in [1.54, 1.807) is 13.0 Å². The summed E-state index contributed by atoms with van der Waals surface area (Å²) >= 11 is 0. The third-order valence-electron chi connectivity index (χ3n) is 1.86. The van der Waals surface area contributed by atoms with E-state index in [2.05, 4.69) is 15.5 Å². The smallest absolute Gasteiger partial charge is 0.321 e. The second kappa shape index (κ2) is 4.08. The van der Waals surface area contributed by atoms with Crippen LogP contribution in [0.5, 0.6) is 0 Å². The number of nitrogens with zero attached hydrogens (tertiary/aromatic N) is 2. The van der Waals surface area contributed by atoms with Gasteiger partial charge in [-0.25, -0.2) is 4.39 Å². The number of nitrogens with one attached hydrogen (secondary N) is 1. The fourth-order valence-electron chi connectivity index (χ4n) is 1.19. The Morgan fingerprint density at radius 2 is 2.33 bits per heavy atom. The molecule has 15 heavy (non-hydrogen) atoms. The number of halogens is 1. The summed E-state index contributed by atoms with van der Waals surface area (Å²) in [5.41, 5.74) is 0.825. The number of anilines is 1. The van der Waals surface area contributed by atoms with Gasteiger partial charge in [0.2, 0.25) is 0 Å². The van der Waals surface area contributed by atoms with Gasteiger partial charge in [0.05, 0.1) is 0 Å². The first-order valence-corrected chi connectivity index (χ1v) is 4.52. The van der Waals surface area contributed by atoms with Crippen molar-refractivity contribution in [2.75, 3.05) is 5.32 Å². The van der Waals surface area contributed by atoms with Crippen molar-refractivity contribution in [2.45, 2.75) is 13.5 Å². The Hall–Kier alpha value is -1.91. The first-order valence-electron chi connectivity index (χ1n) is 4.52. The van der Waals surface area contributed by atoms with Crippen LogP contribution in [0.4, 0.5) is 10.4 Å². The van der Waals surface area contributed by atoms with Gasteiger partial charge < -0.3 is 9.84 Å². The van der Waals surface area contributed by atoms with E-state index >= 15 is 0 Å². The molecule has 4 nitrogen and oxygen atoms in total. The standard InChI is InChI=1S/C10H10FN3O/c1-7-13-10(15-14-7)12-6-8-3-2-4-9(11)5-8/h2-5H,6H2,1H3,(H,12,13,14). The van der Waals surface area contributed by atoms with Gasteiger partial charge in [0, 0.05) is 6.54 Å². The molecule has 1 aromatic heterocycles. The molecule has 0 amide bonds. The lowest BCUT2D eigenvalue weighted by molar-refractivity contribution is 0.425. The fraction of sp³-hybridized carbons (Fsp3) is 0.200. The molecule has 0 bridgehead atoms. The van der Waals surface area contributed by atoms with E-state index in [9.17, 15) is 4.39 Å². The second-order valence-electron chi connectivity index (χ2n) is 3.13. The van der Waals surface area contributed by atoms with E-state index < -0.39 is 0 Å². The van der Waals surface area contributed by atoms with Crippen molar-refractivity contribution in [3.8, 4) is 0 Å². The number of aryl methyl sites for hydroxylation is 1. The zero-order valence-corrected chi connectivity index (χ0v) is 8.20. The highest BCUT2D eigenvalue weighted by Crippen LogP contribution is 2.07. The van der Waals surface area contributed by atoms with Gasteiger partial charge in [-0.15, -0.1) is 0 Å². The average molecular weight is 207 g/mol. The predicted molar refractivity (Wildman–Crippen MR) is 52.8 cm³/mol. The summed E-state index contributed by atoms with van der Waals surface area (Å²) in [6, 6.07) is 6.68. The van der Waals surface area contributed by atoms with E-state index in [0.717, 1.165) is 5.56 Å². The Balaban J connectivity index is 1.99. The van der Waals surface area contributed by atoms with Crippen molar-refractivity contribution in [3.05, 3.63) is 41.5 Å². The van der Waals surface area contributed by atoms with Crippen LogP contribution in [0.2, 0.25) is 0 Å². The topological polar surface area (TPSA) is 51.0 Å². The molecule has 0 spiro atoms. The van der Waals surface area contributed by atoms with Crippen LogP contribution in [-0.2, 0) is 6.54 Å². The Morgan fingerprint density at radius 3 is 3.00 bits per heavy atom. The van der Waals surface area contributed by atoms with Crippen LogP contribution in [-0.4, -0.2) is 10.1 Å². The number of benzene rings is 1. The zero-order chi connectivity index (χ0) is 10.7. The van der Waals surface area contributed by atoms with Crippen LogP contribution in [0.15, 0.2) is 28.8 Å². The molecule has 5 heteroatoms. The minimum absolute atomic E-state index is 0.254. The predicted octanol–water partition coefficient (Wildman–Crippen LogP) is 2.13. The minimum Gasteiger partial charge on any atom is -0.334 e. The van der Waals surface area contributed by atoms with Gasteiger partial charge in [-0.3, -0.25) is 0 Å². The Kier molecular flexibility index (Phi) is 2.62. The van der Waals surface area contributed by atoms with Crippen molar-refractivity contribution in [3.63, 3.8) is 0 Å². The summed E-state index contributed by atoms with van der Waals surface area (Å²) in [4.78, 5) is 3.97. The lowest BCUT2D eigenvalue weighted by atomic mass is 10.2. The summed E-state index contributed by atoms with van der Waals surface area (Å²) < 4.78 is 17.7. The Bertz CT molecular complexity index is 455. The lowest BCUT2D eigenvalue weighted by Crippen LogP contribution is -1.99. The van der Waals surface area contributed by atoms with Crippen LogP contribution < -0.4 is 5.32 Å². The molecule has 0 unspecified atom stereocenters. The van der Waals surface area contributed by atoms with Gasteiger partial charge in [0.1, 0.15) is 5.82 Å². The van der Waals surface area contributed by atoms with E-state index in [0.29, 0.717) is 18.4 Å². The molecule has 0 atom stereocenters. The summed E-state index contributed by atoms with van der Waals surface area (Å²) in [7, 11) is 0. The Labute approximate surface area is 86.1 Å². The van der Waals surface area contributed by atoms with Crippen molar-refractivity contribution in [1.82, 2.24) is 10.1 Å². The molecule has 0 saturated heterocycles. The van der Waals surface area contributed by atoms with Crippen LogP contribution >= 0.6 is 0 Å². The number of rotatable bonds is 3. The van der Waals surface area contributed by atoms with Gasteiger partial charge >= 0.3 is 6.01 Å². The van der Waals surface area contributed by atoms with Gasteiger partial charge in [-0.05, 0) is 24.6 Å². The maximum Gasteiger partial charge on any atom is 0.321 e. The van der Waals surface area contributed by atoms with Crippen LogP contribution in [0.25, 0.3) is 0 Å². The number of hydrogen-bond acceptors (Lipinski definition) is 4. The molecular weight excluding hydrogens is 197 g/mol. The second-order valence-corrected chi connectivity index (χ2v) is 3.13. The third-order valence-corrected chi connectivity index (χ3v) is 1.86. The maximum absolute atomic E-state index is 12.8. The van der Waals surface area contributed by atoms with Crippen LogP contribution in [0.1, 0.15) is 11.4 Å². The molecular formula is C10H10FN3O. The summed E-state index contributed by atoms with van der Waals surface area (Å²) in [5, 5.41) is 6.53. The zero-order valence-electron chi connectivity index (χ0n) is 8.20. The third kappa shape index (κ3) is 2.52. The minimum atomic E-state index is -0.254. The van der Waals surface area contributed by atoms with Crippen molar-refractivity contribution in [2.24, 2.45) is 0 Å². The van der Waals surface area contributed by atoms with Crippen molar-refractivity contribution in [1.29, 1.82) is 0 Å². The molecule has 0 fully saturated rings. The molecule has 78 valence electrons. The van der Waals surface area contributed by atoms with Gasteiger partial charge in [-0.2, -0.15) is 4.98 Å². The first kappa shape index (κ1) is 9.64. The molecule has 1 N–H and O–H groups in total. The number of hydrogen-bond donors (Lipinski definition) is 1. The molecule has 1 heterocycles. The molecule has 0 aliphatic rings. The van der Waals surface area contributed by atoms with Crippen molar-refractivity contribution < 1.29 is 8.91 Å². The SMILES string of the molecule is Cc1noc(NCc2cccc(F)c2)n1. The van der Waals surface area contributed by atoms with Gasteiger partial charge in [-0.1, -0.05) is 17.3 Å². The normalized spacial score (nSPS) is 10.3. The highest BCUT2D eigenvalue weighted by molar-refractivity contribution is 5.24. The highest BCUT2D eigenvalue weighted by atomic mass is 19.1. The van der Waals surface area contributed by atoms with Crippen LogP contribution in [0, 0.1) is 12.7 Å². The van der Waals surface area contributed by atoms with Gasteiger partial charge in [0.15, 0.2) is 5.82 Å². The number of aromatic nitrogens is 2. The largest absolute Gasteiger partial charge is 0.334 e. The van der Waals surface area contributed by atoms with E-state index in [1.807, 2.05) is 6.07 Å². The maximum atomic E-state index is 12.8. The average Bonchev–Trinajstić information content (AvgIpc) is 2.62. The van der Waals surface area contributed by atoms with Crippen LogP contribution in [0.3, 0.4) is 0 Å². The molecule has 2 aromatic rings. The highest BCUT2D eigenvalue weighted by Gasteiger charge is 2.01. The molecule has 1 aromatic carbocycles. The van der Waals surface area contributed by atoms with E-state index in [-0.39, 0.29) is 5.82 Å². The summed E-state index contributed by atoms with van der Waals surface area (Å²) in [5.74, 6) is 0.313. The molecule has 0 radical (unpaired) electrons. The molecule has 0 aliphatic heterocycles. The lowest BCUT2D eigenvalue weighted by Gasteiger charge is -2.00. The molecule has 2 rings (SSSR count). The van der Waals surface area contributed by atoms with Gasteiger partial charge in [0.25, 0.3) is 0 Å². The first-order chi connectivity index (χ1) is 7.24. The van der Waals surface area contributed by atoms with Crippen molar-refractivity contribution >= 4 is 6.01 Å². The quantitative estimate of drug-likeness (QED) is 0.837. The monoisotopic (exact) mass is 207 g/mol. The van der Waals surface area contributed by atoms with E-state index in [4.69, 9.17) is 4.52 Å².